The van der Waals surface area contributed by atoms with E-state index in [2.05, 4.69) is 11.3 Å². The van der Waals surface area contributed by atoms with Crippen molar-refractivity contribution in [1.29, 1.82) is 0 Å². The number of halogens is 6. The second kappa shape index (κ2) is 6.07. The Morgan fingerprint density at radius 3 is 2.00 bits per heavy atom. The Labute approximate surface area is 140 Å². The Morgan fingerprint density at radius 2 is 1.56 bits per heavy atom. The molecule has 2 aliphatic carbocycles. The molecule has 0 aliphatic heterocycles. The molecular weight excluding hydrogens is 350 g/mol. The molecule has 0 bridgehead atoms. The van der Waals surface area contributed by atoms with Crippen molar-refractivity contribution in [1.82, 2.24) is 0 Å². The highest BCUT2D eigenvalue weighted by atomic mass is 19.4. The molecule has 0 amide bonds. The number of alkyl halides is 6. The Balaban J connectivity index is 2.48. The Morgan fingerprint density at radius 1 is 1.08 bits per heavy atom. The quantitative estimate of drug-likeness (QED) is 0.629. The van der Waals surface area contributed by atoms with E-state index in [4.69, 9.17) is 0 Å². The summed E-state index contributed by atoms with van der Waals surface area (Å²) in [5, 5.41) is 0. The van der Waals surface area contributed by atoms with Gasteiger partial charge in [-0.3, -0.25) is 4.79 Å². The molecule has 0 aromatic heterocycles. The predicted molar refractivity (Wildman–Crippen MR) is 78.4 cm³/mol. The van der Waals surface area contributed by atoms with Crippen LogP contribution in [-0.2, 0) is 9.53 Å². The van der Waals surface area contributed by atoms with Crippen LogP contribution in [0.2, 0.25) is 0 Å². The van der Waals surface area contributed by atoms with Crippen molar-refractivity contribution < 1.29 is 35.9 Å². The van der Waals surface area contributed by atoms with Crippen LogP contribution in [0.25, 0.3) is 0 Å². The first kappa shape index (κ1) is 19.3. The maximum absolute atomic E-state index is 12.8. The van der Waals surface area contributed by atoms with Crippen LogP contribution in [0.3, 0.4) is 0 Å². The minimum absolute atomic E-state index is 0.0571. The van der Waals surface area contributed by atoms with Crippen molar-refractivity contribution in [3.8, 4) is 0 Å². The zero-order chi connectivity index (χ0) is 19.2. The fourth-order valence-electron chi connectivity index (χ4n) is 3.09. The van der Waals surface area contributed by atoms with Gasteiger partial charge in [-0.05, 0) is 50.5 Å². The molecule has 0 unspecified atom stereocenters. The van der Waals surface area contributed by atoms with E-state index >= 15 is 0 Å². The molecule has 0 saturated heterocycles. The molecule has 2 rings (SSSR count). The number of carbonyl (C=O) groups is 1. The van der Waals surface area contributed by atoms with Gasteiger partial charge in [0.15, 0.2) is 5.78 Å². The SMILES string of the molecule is C=C1CCC2(C=C1OC(C(F)(F)F)C(F)(F)F)C(C)=CC(=O)C=C2C. The zero-order valence-corrected chi connectivity index (χ0v) is 13.5. The Hall–Kier alpha value is -1.99. The number of allylic oxidation sites excluding steroid dienone is 6. The highest BCUT2D eigenvalue weighted by Gasteiger charge is 2.59. The fourth-order valence-corrected chi connectivity index (χ4v) is 3.09. The van der Waals surface area contributed by atoms with Gasteiger partial charge in [-0.25, -0.2) is 0 Å². The van der Waals surface area contributed by atoms with Gasteiger partial charge in [-0.2, -0.15) is 26.3 Å². The number of hydrogen-bond donors (Lipinski definition) is 0. The topological polar surface area (TPSA) is 26.3 Å². The molecule has 2 nitrogen and oxygen atoms in total. The van der Waals surface area contributed by atoms with Crippen LogP contribution in [0, 0.1) is 5.41 Å². The summed E-state index contributed by atoms with van der Waals surface area (Å²) in [4.78, 5) is 11.6. The van der Waals surface area contributed by atoms with Gasteiger partial charge in [0.2, 0.25) is 0 Å². The molecule has 0 atom stereocenters. The normalized spacial score (nSPS) is 21.2. The van der Waals surface area contributed by atoms with Crippen LogP contribution >= 0.6 is 0 Å². The molecule has 0 heterocycles. The summed E-state index contributed by atoms with van der Waals surface area (Å²) in [6.07, 6.45) is -10.8. The van der Waals surface area contributed by atoms with E-state index in [1.165, 1.54) is 18.2 Å². The molecule has 8 heteroatoms. The lowest BCUT2D eigenvalue weighted by atomic mass is 9.65. The lowest BCUT2D eigenvalue weighted by Crippen LogP contribution is -2.44. The van der Waals surface area contributed by atoms with Gasteiger partial charge in [-0.1, -0.05) is 17.7 Å². The largest absolute Gasteiger partial charge is 0.471 e. The summed E-state index contributed by atoms with van der Waals surface area (Å²) in [7, 11) is 0. The number of hydrogen-bond acceptors (Lipinski definition) is 2. The van der Waals surface area contributed by atoms with Crippen molar-refractivity contribution in [2.75, 3.05) is 0 Å². The van der Waals surface area contributed by atoms with E-state index in [0.717, 1.165) is 0 Å². The minimum atomic E-state index is -5.61. The number of rotatable bonds is 2. The Bertz CT molecular complexity index is 655. The third-order valence-electron chi connectivity index (χ3n) is 4.51. The van der Waals surface area contributed by atoms with Crippen molar-refractivity contribution >= 4 is 5.78 Å². The van der Waals surface area contributed by atoms with E-state index in [0.29, 0.717) is 17.6 Å². The maximum atomic E-state index is 12.8. The van der Waals surface area contributed by atoms with Gasteiger partial charge < -0.3 is 4.74 Å². The van der Waals surface area contributed by atoms with Crippen LogP contribution in [0.15, 0.2) is 47.3 Å². The molecule has 138 valence electrons. The average molecular weight is 366 g/mol. The van der Waals surface area contributed by atoms with E-state index < -0.39 is 29.6 Å². The van der Waals surface area contributed by atoms with Crippen molar-refractivity contribution in [3.63, 3.8) is 0 Å². The van der Waals surface area contributed by atoms with Crippen LogP contribution in [0.4, 0.5) is 26.3 Å². The van der Waals surface area contributed by atoms with E-state index in [1.807, 2.05) is 0 Å². The highest BCUT2D eigenvalue weighted by molar-refractivity contribution is 6.02. The molecule has 0 aromatic rings. The van der Waals surface area contributed by atoms with Crippen LogP contribution < -0.4 is 0 Å². The minimum Gasteiger partial charge on any atom is -0.471 e. The first-order valence-corrected chi connectivity index (χ1v) is 7.40. The molecule has 25 heavy (non-hydrogen) atoms. The summed E-state index contributed by atoms with van der Waals surface area (Å²) in [6, 6.07) is 0. The third-order valence-corrected chi connectivity index (χ3v) is 4.51. The highest BCUT2D eigenvalue weighted by Crippen LogP contribution is 2.50. The van der Waals surface area contributed by atoms with Gasteiger partial charge in [0, 0.05) is 5.41 Å². The number of ketones is 1. The summed E-state index contributed by atoms with van der Waals surface area (Å²) >= 11 is 0. The second-order valence-corrected chi connectivity index (χ2v) is 6.22. The van der Waals surface area contributed by atoms with Crippen molar-refractivity contribution in [2.24, 2.45) is 5.41 Å². The number of ether oxygens (including phenoxy) is 1. The summed E-state index contributed by atoms with van der Waals surface area (Å²) in [5.41, 5.74) is 0.205. The molecule has 0 saturated carbocycles. The lowest BCUT2D eigenvalue weighted by molar-refractivity contribution is -0.312. The monoisotopic (exact) mass is 366 g/mol. The molecule has 1 spiro atoms. The zero-order valence-electron chi connectivity index (χ0n) is 13.5. The summed E-state index contributed by atoms with van der Waals surface area (Å²) in [6.45, 7) is 6.75. The van der Waals surface area contributed by atoms with E-state index in [9.17, 15) is 31.1 Å². The van der Waals surface area contributed by atoms with E-state index in [1.54, 1.807) is 13.8 Å². The summed E-state index contributed by atoms with van der Waals surface area (Å²) < 4.78 is 81.0. The van der Waals surface area contributed by atoms with Crippen molar-refractivity contribution in [3.05, 3.63) is 47.3 Å². The van der Waals surface area contributed by atoms with Crippen LogP contribution in [-0.4, -0.2) is 24.2 Å². The van der Waals surface area contributed by atoms with Gasteiger partial charge in [0.1, 0.15) is 5.76 Å². The third kappa shape index (κ3) is 3.67. The van der Waals surface area contributed by atoms with E-state index in [-0.39, 0.29) is 17.8 Å². The molecule has 0 N–H and O–H groups in total. The first-order chi connectivity index (χ1) is 11.3. The van der Waals surface area contributed by atoms with Crippen LogP contribution in [0.1, 0.15) is 26.7 Å². The second-order valence-electron chi connectivity index (χ2n) is 6.22. The van der Waals surface area contributed by atoms with Gasteiger partial charge in [-0.15, -0.1) is 0 Å². The smallest absolute Gasteiger partial charge is 0.434 e. The van der Waals surface area contributed by atoms with Crippen LogP contribution in [0.5, 0.6) is 0 Å². The average Bonchev–Trinajstić information content (AvgIpc) is 2.42. The standard InChI is InChI=1S/C17H16F6O2/c1-9-4-5-15(10(2)6-12(24)7-11(15)3)8-13(9)25-14(16(18,19)20)17(21,22)23/h6-8,14H,1,4-5H2,2-3H3. The predicted octanol–water partition coefficient (Wildman–Crippen LogP) is 5.19. The lowest BCUT2D eigenvalue weighted by Gasteiger charge is -2.40. The number of carbonyl (C=O) groups excluding carboxylic acids is 1. The van der Waals surface area contributed by atoms with Gasteiger partial charge in [0.25, 0.3) is 6.10 Å². The van der Waals surface area contributed by atoms with Gasteiger partial charge in [0.05, 0.1) is 0 Å². The molecule has 2 aliphatic rings. The molecular formula is C17H16F6O2. The maximum Gasteiger partial charge on any atom is 0.434 e. The van der Waals surface area contributed by atoms with Crippen molar-refractivity contribution in [2.45, 2.75) is 45.1 Å². The molecule has 0 fully saturated rings. The molecule has 0 radical (unpaired) electrons. The van der Waals surface area contributed by atoms with Gasteiger partial charge >= 0.3 is 12.4 Å². The summed E-state index contributed by atoms with van der Waals surface area (Å²) in [5.74, 6) is -0.815. The first-order valence-electron chi connectivity index (χ1n) is 7.40. The molecule has 0 aromatic carbocycles. The Kier molecular flexibility index (Phi) is 4.69. The fraction of sp³-hybridized carbons (Fsp3) is 0.471.